The Morgan fingerprint density at radius 3 is 2.45 bits per heavy atom. The summed E-state index contributed by atoms with van der Waals surface area (Å²) < 4.78 is 73.1. The number of rotatable bonds is 11. The molecule has 4 aliphatic rings. The molecule has 3 fully saturated rings. The minimum absolute atomic E-state index is 0.0240. The van der Waals surface area contributed by atoms with Gasteiger partial charge in [0.1, 0.15) is 18.0 Å². The van der Waals surface area contributed by atoms with Gasteiger partial charge in [-0.1, -0.05) is 25.1 Å². The molecule has 0 heterocycles. The van der Waals surface area contributed by atoms with Gasteiger partial charge in [-0.15, -0.1) is 6.42 Å². The highest BCUT2D eigenvalue weighted by molar-refractivity contribution is 7.92. The molecule has 0 radical (unpaired) electrons. The molecule has 238 valence electrons. The van der Waals surface area contributed by atoms with Gasteiger partial charge >= 0.3 is 5.92 Å². The number of methoxy groups -OCH3 is 1. The number of aliphatic hydroxyl groups is 1. The zero-order valence-corrected chi connectivity index (χ0v) is 26.3. The molecular weight excluding hydrogens is 586 g/mol. The Balaban J connectivity index is 1.34. The number of halogens is 2. The van der Waals surface area contributed by atoms with Crippen molar-refractivity contribution in [1.29, 1.82) is 0 Å². The van der Waals surface area contributed by atoms with Crippen LogP contribution in [-0.4, -0.2) is 63.8 Å². The van der Waals surface area contributed by atoms with E-state index in [4.69, 9.17) is 20.6 Å². The fraction of sp³-hybridized carbons (Fsp3) is 0.600. The third kappa shape index (κ3) is 5.16. The van der Waals surface area contributed by atoms with Gasteiger partial charge in [-0.05, 0) is 115 Å². The van der Waals surface area contributed by atoms with Crippen LogP contribution >= 0.6 is 0 Å². The van der Waals surface area contributed by atoms with Crippen LogP contribution < -0.4 is 4.74 Å². The molecule has 0 aromatic heterocycles. The standard InChI is InChI=1S/C35H42F2O6S/c1-4-35(36,37)34(38)16-15-31-29-13-7-24-21-25(43-20-19-42-18-17-41-3)8-14-28(24)32(29)30(22-33(31,34)2)23-5-9-26(10-6-23)44(39,40)27-11-12-27/h1,5-6,8-10,14,21,27,29-32,38H,7,11-13,15-20,22H2,2-3H3/t29-,30+,31-,32?,33-,34-/m0/s1. The van der Waals surface area contributed by atoms with Crippen LogP contribution in [0, 0.1) is 29.6 Å². The number of benzene rings is 2. The first-order valence-electron chi connectivity index (χ1n) is 15.7. The van der Waals surface area contributed by atoms with Crippen LogP contribution in [0.3, 0.4) is 0 Å². The van der Waals surface area contributed by atoms with Gasteiger partial charge in [0.2, 0.25) is 0 Å². The lowest BCUT2D eigenvalue weighted by Crippen LogP contribution is -2.60. The normalized spacial score (nSPS) is 31.5. The van der Waals surface area contributed by atoms with Gasteiger partial charge in [-0.3, -0.25) is 0 Å². The fourth-order valence-electron chi connectivity index (χ4n) is 8.68. The summed E-state index contributed by atoms with van der Waals surface area (Å²) in [5.74, 6) is -1.54. The summed E-state index contributed by atoms with van der Waals surface area (Å²) in [5.41, 5.74) is -0.189. The number of hydrogen-bond donors (Lipinski definition) is 1. The second kappa shape index (κ2) is 11.7. The molecule has 0 amide bonds. The molecule has 1 unspecified atom stereocenters. The van der Waals surface area contributed by atoms with Crippen LogP contribution in [0.15, 0.2) is 47.4 Å². The van der Waals surface area contributed by atoms with Crippen LogP contribution in [0.2, 0.25) is 0 Å². The molecule has 4 aliphatic carbocycles. The molecular formula is C35H42F2O6S. The fourth-order valence-corrected chi connectivity index (χ4v) is 10.3. The van der Waals surface area contributed by atoms with Crippen molar-refractivity contribution in [3.63, 3.8) is 0 Å². The molecule has 0 bridgehead atoms. The van der Waals surface area contributed by atoms with Gasteiger partial charge in [-0.2, -0.15) is 8.78 Å². The van der Waals surface area contributed by atoms with E-state index in [1.54, 1.807) is 32.1 Å². The van der Waals surface area contributed by atoms with E-state index in [0.29, 0.717) is 57.0 Å². The SMILES string of the molecule is C#CC(F)(F)[C@]1(O)CC[C@H]2[C@@H]3CCc4cc(OCCOCCOC)ccc4C3[C@@H](c3ccc(S(=O)(=O)C4CC4)cc3)C[C@@]21C. The van der Waals surface area contributed by atoms with E-state index in [-0.39, 0.29) is 35.3 Å². The third-order valence-corrected chi connectivity index (χ3v) is 13.4. The number of terminal acetylenes is 1. The summed E-state index contributed by atoms with van der Waals surface area (Å²) in [6, 6.07) is 13.2. The van der Waals surface area contributed by atoms with Crippen molar-refractivity contribution in [2.45, 2.75) is 85.4 Å². The minimum Gasteiger partial charge on any atom is -0.491 e. The summed E-state index contributed by atoms with van der Waals surface area (Å²) in [4.78, 5) is 0.300. The molecule has 0 saturated heterocycles. The third-order valence-electron chi connectivity index (χ3n) is 11.1. The molecule has 6 rings (SSSR count). The maximum atomic E-state index is 15.4. The van der Waals surface area contributed by atoms with Gasteiger partial charge < -0.3 is 19.3 Å². The maximum Gasteiger partial charge on any atom is 0.336 e. The highest BCUT2D eigenvalue weighted by Gasteiger charge is 2.71. The zero-order chi connectivity index (χ0) is 31.3. The maximum absolute atomic E-state index is 15.4. The number of aryl methyl sites for hydroxylation is 1. The molecule has 6 atom stereocenters. The molecule has 2 aromatic rings. The van der Waals surface area contributed by atoms with Crippen LogP contribution in [0.5, 0.6) is 5.75 Å². The van der Waals surface area contributed by atoms with E-state index in [2.05, 4.69) is 12.1 Å². The summed E-state index contributed by atoms with van der Waals surface area (Å²) >= 11 is 0. The molecule has 9 heteroatoms. The number of hydrogen-bond acceptors (Lipinski definition) is 6. The molecule has 44 heavy (non-hydrogen) atoms. The predicted octanol–water partition coefficient (Wildman–Crippen LogP) is 5.91. The van der Waals surface area contributed by atoms with E-state index in [1.807, 2.05) is 18.2 Å². The van der Waals surface area contributed by atoms with Crippen LogP contribution in [0.4, 0.5) is 8.78 Å². The lowest BCUT2D eigenvalue weighted by Gasteiger charge is -2.57. The Kier molecular flexibility index (Phi) is 8.36. The van der Waals surface area contributed by atoms with Gasteiger partial charge in [0.25, 0.3) is 0 Å². The number of ether oxygens (including phenoxy) is 3. The predicted molar refractivity (Wildman–Crippen MR) is 163 cm³/mol. The van der Waals surface area contributed by atoms with Gasteiger partial charge in [0.05, 0.1) is 30.0 Å². The summed E-state index contributed by atoms with van der Waals surface area (Å²) in [6.45, 7) is 3.69. The van der Waals surface area contributed by atoms with Crippen LogP contribution in [0.1, 0.15) is 74.0 Å². The van der Waals surface area contributed by atoms with E-state index >= 15 is 8.78 Å². The van der Waals surface area contributed by atoms with E-state index in [1.165, 1.54) is 11.1 Å². The average Bonchev–Trinajstić information content (AvgIpc) is 3.84. The van der Waals surface area contributed by atoms with E-state index < -0.39 is 26.8 Å². The molecule has 1 N–H and O–H groups in total. The summed E-state index contributed by atoms with van der Waals surface area (Å²) in [6.07, 6.45) is 9.00. The average molecular weight is 629 g/mol. The molecule has 3 saturated carbocycles. The van der Waals surface area contributed by atoms with Crippen LogP contribution in [0.25, 0.3) is 0 Å². The molecule has 6 nitrogen and oxygen atoms in total. The number of sulfone groups is 1. The Bertz CT molecular complexity index is 1510. The van der Waals surface area contributed by atoms with E-state index in [0.717, 1.165) is 24.2 Å². The quantitative estimate of drug-likeness (QED) is 0.246. The smallest absolute Gasteiger partial charge is 0.336 e. The number of fused-ring (bicyclic) bond motifs is 5. The molecule has 2 aromatic carbocycles. The van der Waals surface area contributed by atoms with Crippen molar-refractivity contribution >= 4 is 9.84 Å². The Labute approximate surface area is 259 Å². The Morgan fingerprint density at radius 2 is 1.77 bits per heavy atom. The van der Waals surface area contributed by atoms with Gasteiger partial charge in [0, 0.05) is 12.5 Å². The molecule has 0 spiro atoms. The monoisotopic (exact) mass is 628 g/mol. The minimum atomic E-state index is -3.66. The van der Waals surface area contributed by atoms with Crippen LogP contribution in [-0.2, 0) is 25.7 Å². The van der Waals surface area contributed by atoms with Crippen molar-refractivity contribution in [3.05, 3.63) is 59.2 Å². The van der Waals surface area contributed by atoms with Gasteiger partial charge in [0.15, 0.2) is 9.84 Å². The largest absolute Gasteiger partial charge is 0.491 e. The van der Waals surface area contributed by atoms with Crippen molar-refractivity contribution < 1.29 is 36.5 Å². The van der Waals surface area contributed by atoms with Crippen molar-refractivity contribution in [3.8, 4) is 18.1 Å². The highest BCUT2D eigenvalue weighted by Crippen LogP contribution is 2.70. The first-order valence-corrected chi connectivity index (χ1v) is 17.3. The molecule has 0 aliphatic heterocycles. The van der Waals surface area contributed by atoms with Crippen molar-refractivity contribution in [1.82, 2.24) is 0 Å². The van der Waals surface area contributed by atoms with Crippen molar-refractivity contribution in [2.24, 2.45) is 17.3 Å². The summed E-state index contributed by atoms with van der Waals surface area (Å²) in [7, 11) is -1.73. The lowest BCUT2D eigenvalue weighted by atomic mass is 9.48. The number of alkyl halides is 2. The van der Waals surface area contributed by atoms with E-state index in [9.17, 15) is 13.5 Å². The Hall–Kier alpha value is -2.51. The van der Waals surface area contributed by atoms with Crippen molar-refractivity contribution in [2.75, 3.05) is 33.5 Å². The first-order chi connectivity index (χ1) is 21.0. The lowest BCUT2D eigenvalue weighted by molar-refractivity contribution is -0.214. The first kappa shape index (κ1) is 31.5. The van der Waals surface area contributed by atoms with Gasteiger partial charge in [-0.25, -0.2) is 8.42 Å². The zero-order valence-electron chi connectivity index (χ0n) is 25.4. The Morgan fingerprint density at radius 1 is 1.05 bits per heavy atom. The second-order valence-corrected chi connectivity index (χ2v) is 15.5. The topological polar surface area (TPSA) is 82.1 Å². The second-order valence-electron chi connectivity index (χ2n) is 13.3. The highest BCUT2D eigenvalue weighted by atomic mass is 32.2. The summed E-state index contributed by atoms with van der Waals surface area (Å²) in [5, 5.41) is 11.4.